The summed E-state index contributed by atoms with van der Waals surface area (Å²) >= 11 is 0. The van der Waals surface area contributed by atoms with Crippen LogP contribution in [-0.2, 0) is 19.6 Å². The van der Waals surface area contributed by atoms with Gasteiger partial charge < -0.3 is 10.6 Å². The molecule has 2 amide bonds. The fourth-order valence-corrected chi connectivity index (χ4v) is 3.73. The van der Waals surface area contributed by atoms with Gasteiger partial charge in [-0.2, -0.15) is 4.72 Å². The van der Waals surface area contributed by atoms with E-state index in [1.807, 2.05) is 0 Å². The number of nitrogens with one attached hydrogen (secondary N) is 3. The van der Waals surface area contributed by atoms with Crippen molar-refractivity contribution in [1.29, 1.82) is 0 Å². The summed E-state index contributed by atoms with van der Waals surface area (Å²) in [6.07, 6.45) is 1.41. The molecule has 0 saturated heterocycles. The number of amides is 2. The third kappa shape index (κ3) is 5.24. The number of carbonyl (C=O) groups is 2. The predicted octanol–water partition coefficient (Wildman–Crippen LogP) is 0.926. The number of sulfonamides is 1. The van der Waals surface area contributed by atoms with Gasteiger partial charge in [-0.05, 0) is 59.8 Å². The Kier molecular flexibility index (Phi) is 6.18. The van der Waals surface area contributed by atoms with Crippen LogP contribution in [0.4, 0.5) is 11.4 Å². The summed E-state index contributed by atoms with van der Waals surface area (Å²) < 4.78 is 28.8. The number of aromatic nitrogens is 4. The van der Waals surface area contributed by atoms with Gasteiger partial charge in [0.2, 0.25) is 21.8 Å². The van der Waals surface area contributed by atoms with Gasteiger partial charge in [0, 0.05) is 18.3 Å². The van der Waals surface area contributed by atoms with Crippen molar-refractivity contribution >= 4 is 33.2 Å². The normalized spacial score (nSPS) is 12.2. The Morgan fingerprint density at radius 2 is 1.77 bits per heavy atom. The first kappa shape index (κ1) is 21.1. The zero-order valence-electron chi connectivity index (χ0n) is 16.1. The van der Waals surface area contributed by atoms with Crippen molar-refractivity contribution < 1.29 is 18.0 Å². The maximum Gasteiger partial charge on any atom is 0.242 e. The molecule has 3 N–H and O–H groups in total. The molecule has 156 valence electrons. The Balaban J connectivity index is 1.66. The van der Waals surface area contributed by atoms with E-state index < -0.39 is 22.0 Å². The minimum atomic E-state index is -3.94. The summed E-state index contributed by atoms with van der Waals surface area (Å²) in [5.74, 6) is -0.805. The number of tetrazole rings is 1. The third-order valence-electron chi connectivity index (χ3n) is 3.94. The molecule has 2 aromatic carbocycles. The fourth-order valence-electron chi connectivity index (χ4n) is 2.53. The van der Waals surface area contributed by atoms with Crippen molar-refractivity contribution in [3.8, 4) is 5.69 Å². The van der Waals surface area contributed by atoms with E-state index in [9.17, 15) is 18.0 Å². The summed E-state index contributed by atoms with van der Waals surface area (Å²) in [4.78, 5) is 23.5. The van der Waals surface area contributed by atoms with Gasteiger partial charge in [-0.15, -0.1) is 5.10 Å². The van der Waals surface area contributed by atoms with Crippen LogP contribution in [0.1, 0.15) is 13.8 Å². The van der Waals surface area contributed by atoms with E-state index in [0.29, 0.717) is 17.1 Å². The van der Waals surface area contributed by atoms with Crippen molar-refractivity contribution in [2.75, 3.05) is 10.6 Å². The van der Waals surface area contributed by atoms with E-state index in [2.05, 4.69) is 30.9 Å². The molecule has 12 heteroatoms. The number of carbonyl (C=O) groups excluding carboxylic acids is 2. The van der Waals surface area contributed by atoms with Crippen molar-refractivity contribution in [3.05, 3.63) is 54.9 Å². The van der Waals surface area contributed by atoms with Crippen LogP contribution in [0.2, 0.25) is 0 Å². The van der Waals surface area contributed by atoms with E-state index in [1.165, 1.54) is 49.1 Å². The Hall–Kier alpha value is -3.64. The lowest BCUT2D eigenvalue weighted by Gasteiger charge is -2.15. The summed E-state index contributed by atoms with van der Waals surface area (Å²) in [5, 5.41) is 16.1. The van der Waals surface area contributed by atoms with E-state index in [4.69, 9.17) is 0 Å². The minimum absolute atomic E-state index is 0.0306. The molecule has 0 aliphatic heterocycles. The lowest BCUT2D eigenvalue weighted by molar-refractivity contribution is -0.117. The standard InChI is InChI=1S/C18H19N7O4S/c1-12(22-30(28,29)17-8-6-14(7-9-17)20-13(2)26)18(27)21-15-4-3-5-16(10-15)25-11-19-23-24-25/h3-12,22H,1-2H3,(H,20,26)(H,21,27)/t12-/m1/s1. The highest BCUT2D eigenvalue weighted by Crippen LogP contribution is 2.16. The maximum atomic E-state index is 12.5. The number of nitrogens with zero attached hydrogens (tertiary/aromatic N) is 4. The average Bonchev–Trinajstić information content (AvgIpc) is 3.22. The van der Waals surface area contributed by atoms with Gasteiger partial charge in [0.15, 0.2) is 0 Å². The molecule has 11 nitrogen and oxygen atoms in total. The molecule has 0 spiro atoms. The first-order valence-electron chi connectivity index (χ1n) is 8.79. The van der Waals surface area contributed by atoms with Gasteiger partial charge in [0.1, 0.15) is 6.33 Å². The molecule has 0 fully saturated rings. The van der Waals surface area contributed by atoms with Gasteiger partial charge in [-0.1, -0.05) is 6.07 Å². The molecule has 0 saturated carbocycles. The number of anilines is 2. The smallest absolute Gasteiger partial charge is 0.242 e. The van der Waals surface area contributed by atoms with Crippen molar-refractivity contribution in [3.63, 3.8) is 0 Å². The molecular formula is C18H19N7O4S. The molecule has 1 aromatic heterocycles. The summed E-state index contributed by atoms with van der Waals surface area (Å²) in [5.41, 5.74) is 1.55. The molecule has 3 aromatic rings. The molecular weight excluding hydrogens is 410 g/mol. The molecule has 0 radical (unpaired) electrons. The zero-order chi connectivity index (χ0) is 21.7. The lowest BCUT2D eigenvalue weighted by Crippen LogP contribution is -2.41. The Labute approximate surface area is 172 Å². The Bertz CT molecular complexity index is 1150. The largest absolute Gasteiger partial charge is 0.326 e. The topological polar surface area (TPSA) is 148 Å². The highest BCUT2D eigenvalue weighted by molar-refractivity contribution is 7.89. The predicted molar refractivity (Wildman–Crippen MR) is 108 cm³/mol. The summed E-state index contributed by atoms with van der Waals surface area (Å²) in [6.45, 7) is 2.79. The van der Waals surface area contributed by atoms with Crippen LogP contribution in [0.15, 0.2) is 59.8 Å². The molecule has 3 rings (SSSR count). The molecule has 1 heterocycles. The van der Waals surface area contributed by atoms with Gasteiger partial charge in [0.25, 0.3) is 0 Å². The number of benzene rings is 2. The van der Waals surface area contributed by atoms with E-state index in [1.54, 1.807) is 24.3 Å². The summed E-state index contributed by atoms with van der Waals surface area (Å²) in [6, 6.07) is 11.3. The van der Waals surface area contributed by atoms with Crippen LogP contribution < -0.4 is 15.4 Å². The monoisotopic (exact) mass is 429 g/mol. The quantitative estimate of drug-likeness (QED) is 0.506. The second-order valence-corrected chi connectivity index (χ2v) is 8.06. The molecule has 30 heavy (non-hydrogen) atoms. The molecule has 0 aliphatic rings. The second kappa shape index (κ2) is 8.80. The van der Waals surface area contributed by atoms with Crippen LogP contribution in [0.3, 0.4) is 0 Å². The minimum Gasteiger partial charge on any atom is -0.326 e. The highest BCUT2D eigenvalue weighted by atomic mass is 32.2. The number of hydrogen-bond acceptors (Lipinski definition) is 7. The van der Waals surface area contributed by atoms with Crippen LogP contribution >= 0.6 is 0 Å². The molecule has 0 unspecified atom stereocenters. The maximum absolute atomic E-state index is 12.5. The van der Waals surface area contributed by atoms with Gasteiger partial charge >= 0.3 is 0 Å². The third-order valence-corrected chi connectivity index (χ3v) is 5.49. The van der Waals surface area contributed by atoms with Gasteiger partial charge in [-0.3, -0.25) is 9.59 Å². The van der Waals surface area contributed by atoms with Crippen LogP contribution in [-0.4, -0.2) is 46.5 Å². The molecule has 1 atom stereocenters. The SMILES string of the molecule is CC(=O)Nc1ccc(S(=O)(=O)N[C@H](C)C(=O)Nc2cccc(-n3cnnn3)c2)cc1. The van der Waals surface area contributed by atoms with E-state index in [0.717, 1.165) is 0 Å². The number of rotatable bonds is 7. The van der Waals surface area contributed by atoms with Crippen LogP contribution in [0.25, 0.3) is 5.69 Å². The molecule has 0 bridgehead atoms. The van der Waals surface area contributed by atoms with Crippen LogP contribution in [0.5, 0.6) is 0 Å². The number of hydrogen-bond donors (Lipinski definition) is 3. The average molecular weight is 429 g/mol. The van der Waals surface area contributed by atoms with Gasteiger partial charge in [0.05, 0.1) is 16.6 Å². The van der Waals surface area contributed by atoms with E-state index >= 15 is 0 Å². The Morgan fingerprint density at radius 1 is 1.03 bits per heavy atom. The van der Waals surface area contributed by atoms with Crippen molar-refractivity contribution in [1.82, 2.24) is 24.9 Å². The fraction of sp³-hybridized carbons (Fsp3) is 0.167. The molecule has 0 aliphatic carbocycles. The second-order valence-electron chi connectivity index (χ2n) is 6.34. The first-order valence-corrected chi connectivity index (χ1v) is 10.3. The zero-order valence-corrected chi connectivity index (χ0v) is 16.9. The Morgan fingerprint density at radius 3 is 2.40 bits per heavy atom. The highest BCUT2D eigenvalue weighted by Gasteiger charge is 2.22. The first-order chi connectivity index (χ1) is 14.2. The van der Waals surface area contributed by atoms with E-state index in [-0.39, 0.29) is 10.8 Å². The summed E-state index contributed by atoms with van der Waals surface area (Å²) in [7, 11) is -3.94. The van der Waals surface area contributed by atoms with Crippen LogP contribution in [0, 0.1) is 0 Å². The van der Waals surface area contributed by atoms with Crippen molar-refractivity contribution in [2.45, 2.75) is 24.8 Å². The lowest BCUT2D eigenvalue weighted by atomic mass is 10.2. The van der Waals surface area contributed by atoms with Gasteiger partial charge in [-0.25, -0.2) is 13.1 Å². The van der Waals surface area contributed by atoms with Crippen molar-refractivity contribution in [2.24, 2.45) is 0 Å².